The molecule has 3 aromatic rings. The normalized spacial score (nSPS) is 10.3. The zero-order valence-corrected chi connectivity index (χ0v) is 13.1. The summed E-state index contributed by atoms with van der Waals surface area (Å²) in [5.74, 6) is -0.319. The van der Waals surface area contributed by atoms with Gasteiger partial charge in [0, 0.05) is 12.4 Å². The fraction of sp³-hybridized carbons (Fsp3) is 0.100. The molecule has 23 heavy (non-hydrogen) atoms. The molecular formula is C20H17NO2. The maximum absolute atomic E-state index is 11.5. The highest BCUT2D eigenvalue weighted by molar-refractivity contribution is 5.90. The number of benzene rings is 2. The third-order valence-corrected chi connectivity index (χ3v) is 3.84. The Labute approximate surface area is 135 Å². The van der Waals surface area contributed by atoms with Gasteiger partial charge in [-0.3, -0.25) is 4.98 Å². The molecule has 1 heterocycles. The van der Waals surface area contributed by atoms with E-state index in [4.69, 9.17) is 4.74 Å². The number of pyridine rings is 1. The summed E-state index contributed by atoms with van der Waals surface area (Å²) in [6.45, 7) is 2.09. The van der Waals surface area contributed by atoms with Crippen LogP contribution in [-0.4, -0.2) is 18.1 Å². The second-order valence-corrected chi connectivity index (χ2v) is 5.34. The first-order valence-electron chi connectivity index (χ1n) is 7.39. The van der Waals surface area contributed by atoms with Gasteiger partial charge in [-0.05, 0) is 52.9 Å². The first-order valence-corrected chi connectivity index (χ1v) is 7.39. The average Bonchev–Trinajstić information content (AvgIpc) is 2.62. The van der Waals surface area contributed by atoms with Crippen LogP contribution in [0.5, 0.6) is 0 Å². The minimum absolute atomic E-state index is 0.319. The molecule has 0 aliphatic heterocycles. The van der Waals surface area contributed by atoms with E-state index in [-0.39, 0.29) is 5.97 Å². The van der Waals surface area contributed by atoms with Crippen LogP contribution in [0.3, 0.4) is 0 Å². The summed E-state index contributed by atoms with van der Waals surface area (Å²) in [5, 5.41) is 0. The van der Waals surface area contributed by atoms with Gasteiger partial charge in [0.25, 0.3) is 0 Å². The molecule has 0 aliphatic carbocycles. The third kappa shape index (κ3) is 3.14. The van der Waals surface area contributed by atoms with Crippen LogP contribution < -0.4 is 0 Å². The lowest BCUT2D eigenvalue weighted by molar-refractivity contribution is 0.0601. The van der Waals surface area contributed by atoms with Crippen molar-refractivity contribution in [2.75, 3.05) is 7.11 Å². The van der Waals surface area contributed by atoms with Crippen LogP contribution in [0.1, 0.15) is 15.9 Å². The number of hydrogen-bond donors (Lipinski definition) is 0. The third-order valence-electron chi connectivity index (χ3n) is 3.84. The number of rotatable bonds is 3. The lowest BCUT2D eigenvalue weighted by atomic mass is 9.96. The van der Waals surface area contributed by atoms with Crippen molar-refractivity contribution in [3.8, 4) is 22.3 Å². The van der Waals surface area contributed by atoms with E-state index >= 15 is 0 Å². The molecule has 3 rings (SSSR count). The van der Waals surface area contributed by atoms with Crippen molar-refractivity contribution in [3.63, 3.8) is 0 Å². The number of nitrogens with zero attached hydrogens (tertiary/aromatic N) is 1. The van der Waals surface area contributed by atoms with Gasteiger partial charge < -0.3 is 4.74 Å². The number of aryl methyl sites for hydroxylation is 1. The number of aromatic nitrogens is 1. The number of ether oxygens (including phenoxy) is 1. The maximum Gasteiger partial charge on any atom is 0.337 e. The quantitative estimate of drug-likeness (QED) is 0.668. The number of carbonyl (C=O) groups excluding carboxylic acids is 1. The number of carbonyl (C=O) groups is 1. The van der Waals surface area contributed by atoms with E-state index in [1.165, 1.54) is 12.7 Å². The second-order valence-electron chi connectivity index (χ2n) is 5.34. The zero-order valence-electron chi connectivity index (χ0n) is 13.1. The Morgan fingerprint density at radius 1 is 0.957 bits per heavy atom. The van der Waals surface area contributed by atoms with E-state index < -0.39 is 0 Å². The summed E-state index contributed by atoms with van der Waals surface area (Å²) in [7, 11) is 1.39. The van der Waals surface area contributed by atoms with Crippen LogP contribution in [0.15, 0.2) is 67.0 Å². The average molecular weight is 303 g/mol. The second kappa shape index (κ2) is 6.44. The first kappa shape index (κ1) is 15.0. The van der Waals surface area contributed by atoms with E-state index in [9.17, 15) is 4.79 Å². The summed E-state index contributed by atoms with van der Waals surface area (Å²) < 4.78 is 4.73. The largest absolute Gasteiger partial charge is 0.465 e. The predicted octanol–water partition coefficient (Wildman–Crippen LogP) is 4.51. The fourth-order valence-electron chi connectivity index (χ4n) is 2.60. The van der Waals surface area contributed by atoms with Gasteiger partial charge in [0.15, 0.2) is 0 Å². The number of esters is 1. The van der Waals surface area contributed by atoms with Gasteiger partial charge in [0.2, 0.25) is 0 Å². The minimum Gasteiger partial charge on any atom is -0.465 e. The van der Waals surface area contributed by atoms with Crippen LogP contribution in [0.2, 0.25) is 0 Å². The fourth-order valence-corrected chi connectivity index (χ4v) is 2.60. The van der Waals surface area contributed by atoms with Crippen LogP contribution >= 0.6 is 0 Å². The van der Waals surface area contributed by atoms with Gasteiger partial charge >= 0.3 is 5.97 Å². The van der Waals surface area contributed by atoms with E-state index in [0.717, 1.165) is 22.3 Å². The van der Waals surface area contributed by atoms with E-state index in [0.29, 0.717) is 5.56 Å². The standard InChI is InChI=1S/C20H17NO2/c1-14-12-17(18-4-3-11-21-13-18)9-10-19(14)15-5-7-16(8-6-15)20(22)23-2/h3-13H,1-2H3. The first-order chi connectivity index (χ1) is 11.2. The van der Waals surface area contributed by atoms with Gasteiger partial charge in [0.05, 0.1) is 12.7 Å². The molecule has 0 saturated heterocycles. The van der Waals surface area contributed by atoms with Gasteiger partial charge in [-0.1, -0.05) is 36.4 Å². The van der Waals surface area contributed by atoms with Crippen LogP contribution in [0.4, 0.5) is 0 Å². The summed E-state index contributed by atoms with van der Waals surface area (Å²) in [6, 6.07) is 17.8. The van der Waals surface area contributed by atoms with Crippen molar-refractivity contribution in [1.82, 2.24) is 4.98 Å². The predicted molar refractivity (Wildman–Crippen MR) is 91.2 cm³/mol. The summed E-state index contributed by atoms with van der Waals surface area (Å²) >= 11 is 0. The van der Waals surface area contributed by atoms with E-state index in [1.807, 2.05) is 30.5 Å². The lowest BCUT2D eigenvalue weighted by Crippen LogP contribution is -2.00. The highest BCUT2D eigenvalue weighted by Gasteiger charge is 2.08. The van der Waals surface area contributed by atoms with Crippen LogP contribution in [0.25, 0.3) is 22.3 Å². The molecule has 0 N–H and O–H groups in total. The summed E-state index contributed by atoms with van der Waals surface area (Å²) in [4.78, 5) is 15.7. The van der Waals surface area contributed by atoms with Crippen molar-refractivity contribution in [3.05, 3.63) is 78.1 Å². The molecule has 0 bridgehead atoms. The van der Waals surface area contributed by atoms with Crippen LogP contribution in [-0.2, 0) is 4.74 Å². The molecule has 3 nitrogen and oxygen atoms in total. The van der Waals surface area contributed by atoms with Crippen molar-refractivity contribution in [2.24, 2.45) is 0 Å². The summed E-state index contributed by atoms with van der Waals surface area (Å²) in [6.07, 6.45) is 3.63. The smallest absolute Gasteiger partial charge is 0.337 e. The van der Waals surface area contributed by atoms with Crippen molar-refractivity contribution in [1.29, 1.82) is 0 Å². The van der Waals surface area contributed by atoms with Crippen LogP contribution in [0, 0.1) is 6.92 Å². The highest BCUT2D eigenvalue weighted by Crippen LogP contribution is 2.28. The highest BCUT2D eigenvalue weighted by atomic mass is 16.5. The Morgan fingerprint density at radius 3 is 2.30 bits per heavy atom. The van der Waals surface area contributed by atoms with Gasteiger partial charge in [-0.15, -0.1) is 0 Å². The van der Waals surface area contributed by atoms with Crippen molar-refractivity contribution < 1.29 is 9.53 Å². The zero-order chi connectivity index (χ0) is 16.2. The number of hydrogen-bond acceptors (Lipinski definition) is 3. The molecule has 1 aromatic heterocycles. The van der Waals surface area contributed by atoms with E-state index in [2.05, 4.69) is 30.1 Å². The topological polar surface area (TPSA) is 39.2 Å². The molecule has 0 atom stereocenters. The van der Waals surface area contributed by atoms with Crippen molar-refractivity contribution in [2.45, 2.75) is 6.92 Å². The minimum atomic E-state index is -0.319. The lowest BCUT2D eigenvalue weighted by Gasteiger charge is -2.09. The van der Waals surface area contributed by atoms with Gasteiger partial charge in [0.1, 0.15) is 0 Å². The molecule has 0 aliphatic rings. The molecular weight excluding hydrogens is 286 g/mol. The molecule has 0 unspecified atom stereocenters. The summed E-state index contributed by atoms with van der Waals surface area (Å²) in [5.41, 5.74) is 6.20. The molecule has 0 radical (unpaired) electrons. The molecule has 114 valence electrons. The molecule has 3 heteroatoms. The Kier molecular flexibility index (Phi) is 4.20. The number of methoxy groups -OCH3 is 1. The maximum atomic E-state index is 11.5. The molecule has 0 saturated carbocycles. The van der Waals surface area contributed by atoms with Crippen molar-refractivity contribution >= 4 is 5.97 Å². The Morgan fingerprint density at radius 2 is 1.70 bits per heavy atom. The van der Waals surface area contributed by atoms with Gasteiger partial charge in [-0.2, -0.15) is 0 Å². The van der Waals surface area contributed by atoms with Gasteiger partial charge in [-0.25, -0.2) is 4.79 Å². The SMILES string of the molecule is COC(=O)c1ccc(-c2ccc(-c3cccnc3)cc2C)cc1. The Balaban J connectivity index is 1.93. The monoisotopic (exact) mass is 303 g/mol. The molecule has 0 amide bonds. The Bertz CT molecular complexity index is 824. The molecule has 2 aromatic carbocycles. The Hall–Kier alpha value is -2.94. The van der Waals surface area contributed by atoms with E-state index in [1.54, 1.807) is 18.3 Å². The molecule has 0 fully saturated rings. The molecule has 0 spiro atoms.